The minimum atomic E-state index is -4.73. The zero-order valence-electron chi connectivity index (χ0n) is 17.3. The molecule has 1 saturated heterocycles. The summed E-state index contributed by atoms with van der Waals surface area (Å²) in [6, 6.07) is 3.59. The third kappa shape index (κ3) is 3.63. The van der Waals surface area contributed by atoms with Crippen LogP contribution in [0.25, 0.3) is 5.65 Å². The first kappa shape index (κ1) is 22.2. The van der Waals surface area contributed by atoms with Crippen molar-refractivity contribution in [1.82, 2.24) is 14.7 Å². The zero-order valence-corrected chi connectivity index (χ0v) is 17.3. The number of ether oxygens (including phenoxy) is 1. The molecule has 0 saturated carbocycles. The molecule has 10 heteroatoms. The van der Waals surface area contributed by atoms with Crippen molar-refractivity contribution in [3.8, 4) is 0 Å². The van der Waals surface area contributed by atoms with Gasteiger partial charge in [0.15, 0.2) is 0 Å². The lowest BCUT2D eigenvalue weighted by molar-refractivity contribution is -0.140. The molecule has 3 aromatic rings. The van der Waals surface area contributed by atoms with E-state index in [9.17, 15) is 23.1 Å². The molecule has 2 atom stereocenters. The van der Waals surface area contributed by atoms with E-state index in [2.05, 4.69) is 10.3 Å². The monoisotopic (exact) mass is 451 g/mol. The SMILES string of the molecule is Cc1cnc2c(C(=O)N[C@@]3(c4ccc(C(F)(F)F)cc4F)CCOC[C@@]3(C)O)ccn2c1. The summed E-state index contributed by atoms with van der Waals surface area (Å²) >= 11 is 0. The number of amides is 1. The van der Waals surface area contributed by atoms with Gasteiger partial charge in [-0.3, -0.25) is 4.79 Å². The molecule has 3 heterocycles. The summed E-state index contributed by atoms with van der Waals surface area (Å²) in [4.78, 5) is 17.5. The number of aliphatic hydroxyl groups is 1. The number of nitrogens with one attached hydrogen (secondary N) is 1. The van der Waals surface area contributed by atoms with Gasteiger partial charge in [0.25, 0.3) is 5.91 Å². The Bertz CT molecular complexity index is 1190. The van der Waals surface area contributed by atoms with Crippen molar-refractivity contribution in [3.05, 3.63) is 70.9 Å². The summed E-state index contributed by atoms with van der Waals surface area (Å²) in [6.07, 6.45) is 0.213. The summed E-state index contributed by atoms with van der Waals surface area (Å²) in [5, 5.41) is 13.8. The van der Waals surface area contributed by atoms with E-state index in [4.69, 9.17) is 4.74 Å². The van der Waals surface area contributed by atoms with Gasteiger partial charge >= 0.3 is 6.18 Å². The van der Waals surface area contributed by atoms with Crippen LogP contribution in [0.15, 0.2) is 42.9 Å². The zero-order chi connectivity index (χ0) is 23.3. The van der Waals surface area contributed by atoms with Gasteiger partial charge in [-0.05, 0) is 37.6 Å². The number of nitrogens with zero attached hydrogens (tertiary/aromatic N) is 2. The highest BCUT2D eigenvalue weighted by atomic mass is 19.4. The van der Waals surface area contributed by atoms with Crippen LogP contribution in [0.4, 0.5) is 17.6 Å². The maximum atomic E-state index is 15.0. The van der Waals surface area contributed by atoms with Crippen LogP contribution in [0.2, 0.25) is 0 Å². The molecule has 1 fully saturated rings. The van der Waals surface area contributed by atoms with Crippen LogP contribution in [0, 0.1) is 12.7 Å². The molecule has 0 radical (unpaired) electrons. The standard InChI is InChI=1S/C22H21F4N3O3/c1-13-10-27-18-15(5-7-29(18)11-13)19(30)28-21(6-8-32-12-20(21,2)31)16-4-3-14(9-17(16)23)22(24,25)26/h3-5,7,9-11,31H,6,8,12H2,1-2H3,(H,28,30)/t20-,21-/m1/s1. The van der Waals surface area contributed by atoms with Crippen molar-refractivity contribution in [2.24, 2.45) is 0 Å². The molecule has 1 aromatic carbocycles. The molecule has 4 rings (SSSR count). The fraction of sp³-hybridized carbons (Fsp3) is 0.364. The average molecular weight is 451 g/mol. The minimum Gasteiger partial charge on any atom is -0.385 e. The highest BCUT2D eigenvalue weighted by Gasteiger charge is 2.53. The van der Waals surface area contributed by atoms with E-state index in [1.165, 1.54) is 13.0 Å². The molecule has 32 heavy (non-hydrogen) atoms. The van der Waals surface area contributed by atoms with Gasteiger partial charge in [-0.1, -0.05) is 6.07 Å². The van der Waals surface area contributed by atoms with Gasteiger partial charge in [-0.15, -0.1) is 0 Å². The summed E-state index contributed by atoms with van der Waals surface area (Å²) in [6.45, 7) is 3.00. The lowest BCUT2D eigenvalue weighted by Gasteiger charge is -2.49. The number of hydrogen-bond acceptors (Lipinski definition) is 4. The number of halogens is 4. The number of fused-ring (bicyclic) bond motifs is 1. The maximum Gasteiger partial charge on any atom is 0.416 e. The predicted octanol–water partition coefficient (Wildman–Crippen LogP) is 3.60. The summed E-state index contributed by atoms with van der Waals surface area (Å²) in [5.41, 5.74) is -3.54. The third-order valence-corrected chi connectivity index (χ3v) is 5.87. The van der Waals surface area contributed by atoms with Crippen LogP contribution in [0.3, 0.4) is 0 Å². The molecule has 1 aliphatic rings. The lowest BCUT2D eigenvalue weighted by atomic mass is 9.71. The number of carbonyl (C=O) groups excluding carboxylic acids is 1. The van der Waals surface area contributed by atoms with Gasteiger partial charge < -0.3 is 19.6 Å². The molecule has 1 aliphatic heterocycles. The number of aromatic nitrogens is 2. The second-order valence-corrected chi connectivity index (χ2v) is 8.22. The number of alkyl halides is 3. The van der Waals surface area contributed by atoms with Crippen LogP contribution < -0.4 is 5.32 Å². The molecule has 1 amide bonds. The number of benzene rings is 1. The Kier molecular flexibility index (Phi) is 5.25. The largest absolute Gasteiger partial charge is 0.416 e. The first-order chi connectivity index (χ1) is 14.9. The van der Waals surface area contributed by atoms with E-state index in [1.807, 2.05) is 6.92 Å². The van der Waals surface area contributed by atoms with Crippen molar-refractivity contribution < 1.29 is 32.2 Å². The van der Waals surface area contributed by atoms with Crippen LogP contribution in [0.5, 0.6) is 0 Å². The second-order valence-electron chi connectivity index (χ2n) is 8.22. The topological polar surface area (TPSA) is 75.9 Å². The van der Waals surface area contributed by atoms with E-state index in [1.54, 1.807) is 23.0 Å². The Labute approximate surface area is 180 Å². The Morgan fingerprint density at radius 2 is 2.06 bits per heavy atom. The van der Waals surface area contributed by atoms with Crippen LogP contribution in [-0.4, -0.2) is 39.2 Å². The molecular formula is C22H21F4N3O3. The average Bonchev–Trinajstić information content (AvgIpc) is 3.12. The smallest absolute Gasteiger partial charge is 0.385 e. The highest BCUT2D eigenvalue weighted by Crippen LogP contribution is 2.42. The molecule has 2 aromatic heterocycles. The van der Waals surface area contributed by atoms with Gasteiger partial charge in [0.2, 0.25) is 0 Å². The summed E-state index contributed by atoms with van der Waals surface area (Å²) in [5.74, 6) is -1.83. The third-order valence-electron chi connectivity index (χ3n) is 5.87. The Morgan fingerprint density at radius 1 is 1.31 bits per heavy atom. The van der Waals surface area contributed by atoms with E-state index < -0.39 is 34.6 Å². The quantitative estimate of drug-likeness (QED) is 0.597. The van der Waals surface area contributed by atoms with Crippen LogP contribution in [-0.2, 0) is 16.5 Å². The van der Waals surface area contributed by atoms with Crippen molar-refractivity contribution in [1.29, 1.82) is 0 Å². The Balaban J connectivity index is 1.80. The number of carbonyl (C=O) groups is 1. The maximum absolute atomic E-state index is 15.0. The number of rotatable bonds is 3. The molecule has 2 N–H and O–H groups in total. The van der Waals surface area contributed by atoms with E-state index in [-0.39, 0.29) is 30.8 Å². The Morgan fingerprint density at radius 3 is 2.72 bits per heavy atom. The second kappa shape index (κ2) is 7.56. The van der Waals surface area contributed by atoms with Gasteiger partial charge in [-0.25, -0.2) is 9.37 Å². The summed E-state index contributed by atoms with van der Waals surface area (Å²) in [7, 11) is 0. The Hall–Kier alpha value is -2.98. The van der Waals surface area contributed by atoms with Gasteiger partial charge in [0.05, 0.1) is 17.7 Å². The molecular weight excluding hydrogens is 430 g/mol. The molecule has 6 nitrogen and oxygen atoms in total. The van der Waals surface area contributed by atoms with Gasteiger partial charge in [-0.2, -0.15) is 13.2 Å². The van der Waals surface area contributed by atoms with Crippen molar-refractivity contribution in [3.63, 3.8) is 0 Å². The fourth-order valence-corrected chi connectivity index (χ4v) is 4.15. The first-order valence-electron chi connectivity index (χ1n) is 9.88. The predicted molar refractivity (Wildman–Crippen MR) is 107 cm³/mol. The van der Waals surface area contributed by atoms with Crippen molar-refractivity contribution in [2.75, 3.05) is 13.2 Å². The minimum absolute atomic E-state index is 0.0493. The van der Waals surface area contributed by atoms with Crippen molar-refractivity contribution in [2.45, 2.75) is 37.6 Å². The molecule has 170 valence electrons. The molecule has 0 spiro atoms. The van der Waals surface area contributed by atoms with Gasteiger partial charge in [0, 0.05) is 37.2 Å². The van der Waals surface area contributed by atoms with Crippen LogP contribution >= 0.6 is 0 Å². The number of hydrogen-bond donors (Lipinski definition) is 2. The van der Waals surface area contributed by atoms with Gasteiger partial charge in [0.1, 0.15) is 22.6 Å². The fourth-order valence-electron chi connectivity index (χ4n) is 4.15. The lowest BCUT2D eigenvalue weighted by Crippen LogP contribution is -2.65. The molecule has 0 bridgehead atoms. The molecule has 0 unspecified atom stereocenters. The first-order valence-corrected chi connectivity index (χ1v) is 9.88. The van der Waals surface area contributed by atoms with Crippen molar-refractivity contribution >= 4 is 11.6 Å². The van der Waals surface area contributed by atoms with E-state index in [0.29, 0.717) is 11.7 Å². The van der Waals surface area contributed by atoms with Crippen LogP contribution in [0.1, 0.15) is 40.4 Å². The summed E-state index contributed by atoms with van der Waals surface area (Å²) < 4.78 is 61.1. The van der Waals surface area contributed by atoms with E-state index in [0.717, 1.165) is 17.7 Å². The normalized spacial score (nSPS) is 24.0. The number of aryl methyl sites for hydroxylation is 1. The van der Waals surface area contributed by atoms with E-state index >= 15 is 4.39 Å². The highest BCUT2D eigenvalue weighted by molar-refractivity contribution is 6.00. The molecule has 0 aliphatic carbocycles.